The van der Waals surface area contributed by atoms with Gasteiger partial charge in [-0.05, 0) is 31.0 Å². The smallest absolute Gasteiger partial charge is 0.253 e. The van der Waals surface area contributed by atoms with Gasteiger partial charge in [-0.1, -0.05) is 12.1 Å². The van der Waals surface area contributed by atoms with Gasteiger partial charge in [0.1, 0.15) is 0 Å². The van der Waals surface area contributed by atoms with Crippen molar-refractivity contribution < 1.29 is 9.53 Å². The number of benzene rings is 1. The molecule has 0 spiro atoms. The average Bonchev–Trinajstić information content (AvgIpc) is 3.18. The van der Waals surface area contributed by atoms with Gasteiger partial charge in [0.05, 0.1) is 17.4 Å². The molecular weight excluding hydrogens is 254 g/mol. The number of carbonyl (C=O) groups is 1. The number of nitrogens with zero attached hydrogens (tertiary/aromatic N) is 2. The molecule has 20 heavy (non-hydrogen) atoms. The summed E-state index contributed by atoms with van der Waals surface area (Å²) in [5, 5.41) is 7.12. The second-order valence-electron chi connectivity index (χ2n) is 4.81. The lowest BCUT2D eigenvalue weighted by Gasteiger charge is -2.13. The van der Waals surface area contributed by atoms with E-state index in [1.807, 2.05) is 36.5 Å². The standard InChI is InChI=1S/C15H17N3O2/c19-15(16-11-12-5-3-10-20-12)13-6-1-2-7-14(13)18-9-4-8-17-18/h1-2,4,6-9,12H,3,5,10-11H2,(H,16,19). The summed E-state index contributed by atoms with van der Waals surface area (Å²) in [6.07, 6.45) is 5.76. The lowest BCUT2D eigenvalue weighted by Crippen LogP contribution is -2.32. The second-order valence-corrected chi connectivity index (χ2v) is 4.81. The van der Waals surface area contributed by atoms with E-state index in [0.29, 0.717) is 12.1 Å². The van der Waals surface area contributed by atoms with Gasteiger partial charge in [-0.2, -0.15) is 5.10 Å². The van der Waals surface area contributed by atoms with Crippen molar-refractivity contribution in [2.75, 3.05) is 13.2 Å². The highest BCUT2D eigenvalue weighted by atomic mass is 16.5. The number of carbonyl (C=O) groups excluding carboxylic acids is 1. The SMILES string of the molecule is O=C(NCC1CCCO1)c1ccccc1-n1cccn1. The van der Waals surface area contributed by atoms with Gasteiger partial charge in [-0.15, -0.1) is 0 Å². The van der Waals surface area contributed by atoms with E-state index in [-0.39, 0.29) is 12.0 Å². The third-order valence-electron chi connectivity index (χ3n) is 3.41. The maximum Gasteiger partial charge on any atom is 0.253 e. The Bertz CT molecular complexity index is 575. The molecule has 1 aromatic carbocycles. The highest BCUT2D eigenvalue weighted by Crippen LogP contribution is 2.14. The molecule has 1 aliphatic rings. The van der Waals surface area contributed by atoms with Crippen LogP contribution in [0.25, 0.3) is 5.69 Å². The zero-order chi connectivity index (χ0) is 13.8. The molecule has 1 saturated heterocycles. The van der Waals surface area contributed by atoms with Crippen LogP contribution in [-0.4, -0.2) is 34.9 Å². The first kappa shape index (κ1) is 12.9. The molecule has 2 aromatic rings. The Kier molecular flexibility index (Phi) is 3.78. The number of nitrogens with one attached hydrogen (secondary N) is 1. The lowest BCUT2D eigenvalue weighted by atomic mass is 10.1. The van der Waals surface area contributed by atoms with Crippen LogP contribution in [0.4, 0.5) is 0 Å². The van der Waals surface area contributed by atoms with Gasteiger partial charge >= 0.3 is 0 Å². The molecule has 0 radical (unpaired) electrons. The van der Waals surface area contributed by atoms with Crippen molar-refractivity contribution >= 4 is 5.91 Å². The van der Waals surface area contributed by atoms with Crippen molar-refractivity contribution in [1.29, 1.82) is 0 Å². The fourth-order valence-electron chi connectivity index (χ4n) is 2.38. The molecule has 1 N–H and O–H groups in total. The number of hydrogen-bond acceptors (Lipinski definition) is 3. The van der Waals surface area contributed by atoms with E-state index in [1.54, 1.807) is 10.9 Å². The Balaban J connectivity index is 1.74. The van der Waals surface area contributed by atoms with Crippen molar-refractivity contribution in [2.45, 2.75) is 18.9 Å². The van der Waals surface area contributed by atoms with Crippen LogP contribution in [0, 0.1) is 0 Å². The van der Waals surface area contributed by atoms with Gasteiger partial charge in [0.15, 0.2) is 0 Å². The zero-order valence-electron chi connectivity index (χ0n) is 11.2. The molecule has 104 valence electrons. The van der Waals surface area contributed by atoms with Gasteiger partial charge in [0.2, 0.25) is 0 Å². The molecule has 1 fully saturated rings. The van der Waals surface area contributed by atoms with Crippen LogP contribution in [0.3, 0.4) is 0 Å². The van der Waals surface area contributed by atoms with Gasteiger partial charge in [0.25, 0.3) is 5.91 Å². The van der Waals surface area contributed by atoms with Crippen molar-refractivity contribution in [3.05, 3.63) is 48.3 Å². The van der Waals surface area contributed by atoms with E-state index in [4.69, 9.17) is 4.74 Å². The molecule has 3 rings (SSSR count). The molecule has 5 heteroatoms. The first-order valence-electron chi connectivity index (χ1n) is 6.83. The Labute approximate surface area is 117 Å². The highest BCUT2D eigenvalue weighted by molar-refractivity contribution is 5.97. The maximum absolute atomic E-state index is 12.3. The van der Waals surface area contributed by atoms with Gasteiger partial charge in [-0.3, -0.25) is 4.79 Å². The summed E-state index contributed by atoms with van der Waals surface area (Å²) in [5.41, 5.74) is 1.40. The van der Waals surface area contributed by atoms with Crippen LogP contribution in [0.5, 0.6) is 0 Å². The third kappa shape index (κ3) is 2.72. The van der Waals surface area contributed by atoms with E-state index in [0.717, 1.165) is 25.1 Å². The highest BCUT2D eigenvalue weighted by Gasteiger charge is 2.18. The van der Waals surface area contributed by atoms with Crippen LogP contribution in [0.15, 0.2) is 42.7 Å². The minimum Gasteiger partial charge on any atom is -0.376 e. The largest absolute Gasteiger partial charge is 0.376 e. The van der Waals surface area contributed by atoms with Gasteiger partial charge < -0.3 is 10.1 Å². The van der Waals surface area contributed by atoms with E-state index < -0.39 is 0 Å². The fraction of sp³-hybridized carbons (Fsp3) is 0.333. The summed E-state index contributed by atoms with van der Waals surface area (Å²) < 4.78 is 7.20. The molecule has 1 aromatic heterocycles. The van der Waals surface area contributed by atoms with E-state index in [1.165, 1.54) is 0 Å². The Morgan fingerprint density at radius 3 is 3.05 bits per heavy atom. The summed E-state index contributed by atoms with van der Waals surface area (Å²) in [4.78, 5) is 12.3. The number of hydrogen-bond donors (Lipinski definition) is 1. The van der Waals surface area contributed by atoms with Crippen LogP contribution in [0.1, 0.15) is 23.2 Å². The molecule has 1 unspecified atom stereocenters. The molecule has 0 aliphatic carbocycles. The van der Waals surface area contributed by atoms with Gasteiger partial charge in [-0.25, -0.2) is 4.68 Å². The Morgan fingerprint density at radius 2 is 2.30 bits per heavy atom. The summed E-state index contributed by atoms with van der Waals surface area (Å²) in [7, 11) is 0. The van der Waals surface area contributed by atoms with Crippen molar-refractivity contribution in [3.8, 4) is 5.69 Å². The molecule has 1 aliphatic heterocycles. The van der Waals surface area contributed by atoms with E-state index in [9.17, 15) is 4.79 Å². The minimum atomic E-state index is -0.0911. The zero-order valence-corrected chi connectivity index (χ0v) is 11.2. The maximum atomic E-state index is 12.3. The number of para-hydroxylation sites is 1. The van der Waals surface area contributed by atoms with E-state index >= 15 is 0 Å². The Hall–Kier alpha value is -2.14. The molecular formula is C15H17N3O2. The summed E-state index contributed by atoms with van der Waals surface area (Å²) in [6.45, 7) is 1.36. The van der Waals surface area contributed by atoms with Crippen LogP contribution >= 0.6 is 0 Å². The quantitative estimate of drug-likeness (QED) is 0.922. The predicted octanol–water partition coefficient (Wildman–Crippen LogP) is 1.78. The van der Waals surface area contributed by atoms with Gasteiger partial charge in [0, 0.05) is 25.5 Å². The normalized spacial score (nSPS) is 18.1. The lowest BCUT2D eigenvalue weighted by molar-refractivity contribution is 0.0857. The number of rotatable bonds is 4. The van der Waals surface area contributed by atoms with Crippen LogP contribution in [-0.2, 0) is 4.74 Å². The van der Waals surface area contributed by atoms with E-state index in [2.05, 4.69) is 10.4 Å². The molecule has 0 saturated carbocycles. The predicted molar refractivity (Wildman–Crippen MR) is 74.9 cm³/mol. The van der Waals surface area contributed by atoms with Crippen molar-refractivity contribution in [2.24, 2.45) is 0 Å². The summed E-state index contributed by atoms with van der Waals surface area (Å²) in [6, 6.07) is 9.28. The number of aromatic nitrogens is 2. The van der Waals surface area contributed by atoms with Crippen LogP contribution in [0.2, 0.25) is 0 Å². The topological polar surface area (TPSA) is 56.1 Å². The first-order valence-corrected chi connectivity index (χ1v) is 6.83. The van der Waals surface area contributed by atoms with Crippen LogP contribution < -0.4 is 5.32 Å². The second kappa shape index (κ2) is 5.88. The molecule has 0 bridgehead atoms. The summed E-state index contributed by atoms with van der Waals surface area (Å²) >= 11 is 0. The Morgan fingerprint density at radius 1 is 1.40 bits per heavy atom. The van der Waals surface area contributed by atoms with Crippen molar-refractivity contribution in [3.63, 3.8) is 0 Å². The number of ether oxygens (including phenoxy) is 1. The third-order valence-corrected chi connectivity index (χ3v) is 3.41. The molecule has 1 amide bonds. The molecule has 5 nitrogen and oxygen atoms in total. The number of amides is 1. The molecule has 2 heterocycles. The summed E-state index contributed by atoms with van der Waals surface area (Å²) in [5.74, 6) is -0.0911. The first-order chi connectivity index (χ1) is 9.84. The van der Waals surface area contributed by atoms with Crippen molar-refractivity contribution in [1.82, 2.24) is 15.1 Å². The fourth-order valence-corrected chi connectivity index (χ4v) is 2.38. The monoisotopic (exact) mass is 271 g/mol. The molecule has 1 atom stereocenters. The minimum absolute atomic E-state index is 0.0911. The average molecular weight is 271 g/mol.